The Morgan fingerprint density at radius 2 is 1.78 bits per heavy atom. The van der Waals surface area contributed by atoms with Crippen LogP contribution < -0.4 is 14.5 Å². The van der Waals surface area contributed by atoms with Gasteiger partial charge in [-0.1, -0.05) is 63.2 Å². The summed E-state index contributed by atoms with van der Waals surface area (Å²) in [5.74, 6) is 0.211. The molecule has 3 amide bonds. The van der Waals surface area contributed by atoms with Crippen molar-refractivity contribution in [2.75, 3.05) is 36.6 Å². The Balaban J connectivity index is 1.26. The molecule has 264 valence electrons. The molecular weight excluding hydrogens is 630 g/mol. The number of carbonyl (C=O) groups is 3. The largest absolute Gasteiger partial charge is 0.497 e. The molecule has 3 fully saturated rings. The Morgan fingerprint density at radius 1 is 1.00 bits per heavy atom. The number of methoxy groups -OCH3 is 1. The van der Waals surface area contributed by atoms with Crippen LogP contribution in [0.25, 0.3) is 0 Å². The molecule has 4 heterocycles. The van der Waals surface area contributed by atoms with E-state index in [2.05, 4.69) is 32.9 Å². The Labute approximate surface area is 295 Å². The molecule has 3 aromatic carbocycles. The van der Waals surface area contributed by atoms with Gasteiger partial charge in [0.05, 0.1) is 44.5 Å². The molecule has 9 nitrogen and oxygen atoms in total. The topological polar surface area (TPSA) is 99.6 Å². The molecule has 4 aliphatic heterocycles. The zero-order valence-electron chi connectivity index (χ0n) is 29.6. The van der Waals surface area contributed by atoms with E-state index < -0.39 is 17.1 Å². The number of benzene rings is 3. The van der Waals surface area contributed by atoms with E-state index in [1.54, 1.807) is 12.0 Å². The van der Waals surface area contributed by atoms with Crippen molar-refractivity contribution in [1.29, 1.82) is 0 Å². The van der Waals surface area contributed by atoms with E-state index >= 15 is 4.79 Å². The highest BCUT2D eigenvalue weighted by atomic mass is 16.5. The van der Waals surface area contributed by atoms with Crippen LogP contribution in [0.2, 0.25) is 0 Å². The van der Waals surface area contributed by atoms with Gasteiger partial charge in [0.15, 0.2) is 5.60 Å². The van der Waals surface area contributed by atoms with Crippen molar-refractivity contribution in [2.24, 2.45) is 11.8 Å². The standard InChI is InChI=1S/C41H49N3O6/c1-27-38(40(2,3)29-17-19-32(49-4)20-18-29)35(24-37(47)43-22-10-13-31(43)26-45)50-41(27)33-14-5-6-15-34(33)44(39(41)48)25-28-11-9-12-30(23-28)42-21-8-7-16-36(42)46/h5-6,9,11-12,14-15,17-20,23,27,31,35,38,45H,7-8,10,13,16,21-22,24-26H2,1-4H3/t27-,31-,35+,38-,41+/m0/s1. The highest BCUT2D eigenvalue weighted by Crippen LogP contribution is 2.60. The Hall–Kier alpha value is -4.21. The first kappa shape index (κ1) is 34.2. The molecule has 7 rings (SSSR count). The fourth-order valence-corrected chi connectivity index (χ4v) is 9.35. The molecule has 3 aromatic rings. The number of hydrogen-bond acceptors (Lipinski definition) is 6. The fraction of sp³-hybridized carbons (Fsp3) is 0.488. The number of likely N-dealkylation sites (tertiary alicyclic amines) is 1. The number of hydrogen-bond donors (Lipinski definition) is 1. The number of piperidine rings is 1. The summed E-state index contributed by atoms with van der Waals surface area (Å²) in [5, 5.41) is 10.0. The van der Waals surface area contributed by atoms with Crippen LogP contribution >= 0.6 is 0 Å². The van der Waals surface area contributed by atoms with Crippen molar-refractivity contribution in [3.63, 3.8) is 0 Å². The van der Waals surface area contributed by atoms with E-state index in [1.165, 1.54) is 0 Å². The average molecular weight is 680 g/mol. The van der Waals surface area contributed by atoms with Gasteiger partial charge in [-0.3, -0.25) is 14.4 Å². The van der Waals surface area contributed by atoms with Gasteiger partial charge < -0.3 is 29.3 Å². The number of ether oxygens (including phenoxy) is 2. The average Bonchev–Trinajstić information content (AvgIpc) is 3.79. The van der Waals surface area contributed by atoms with Crippen LogP contribution in [0.1, 0.15) is 76.0 Å². The van der Waals surface area contributed by atoms with Crippen molar-refractivity contribution in [3.05, 3.63) is 89.5 Å². The number of anilines is 2. The second-order valence-corrected chi connectivity index (χ2v) is 15.0. The molecule has 9 heteroatoms. The third-order valence-electron chi connectivity index (χ3n) is 11.9. The number of amides is 3. The number of fused-ring (bicyclic) bond motifs is 2. The zero-order chi connectivity index (χ0) is 35.2. The summed E-state index contributed by atoms with van der Waals surface area (Å²) in [4.78, 5) is 47.3. The molecule has 3 saturated heterocycles. The molecule has 0 aliphatic carbocycles. The molecule has 1 N–H and O–H groups in total. The van der Waals surface area contributed by atoms with Crippen LogP contribution in [0, 0.1) is 11.8 Å². The van der Waals surface area contributed by atoms with E-state index in [0.29, 0.717) is 26.1 Å². The lowest BCUT2D eigenvalue weighted by atomic mass is 9.63. The second-order valence-electron chi connectivity index (χ2n) is 15.0. The van der Waals surface area contributed by atoms with Gasteiger partial charge in [-0.05, 0) is 72.6 Å². The summed E-state index contributed by atoms with van der Waals surface area (Å²) < 4.78 is 12.6. The van der Waals surface area contributed by atoms with Crippen LogP contribution in [0.15, 0.2) is 72.8 Å². The van der Waals surface area contributed by atoms with Gasteiger partial charge in [-0.2, -0.15) is 0 Å². The van der Waals surface area contributed by atoms with Gasteiger partial charge in [0.1, 0.15) is 5.75 Å². The van der Waals surface area contributed by atoms with E-state index in [-0.39, 0.29) is 48.6 Å². The van der Waals surface area contributed by atoms with Gasteiger partial charge in [-0.25, -0.2) is 0 Å². The number of para-hydroxylation sites is 1. The molecule has 0 aromatic heterocycles. The smallest absolute Gasteiger partial charge is 0.264 e. The maximum atomic E-state index is 15.1. The van der Waals surface area contributed by atoms with Crippen LogP contribution in [0.5, 0.6) is 5.75 Å². The molecular formula is C41H49N3O6. The van der Waals surface area contributed by atoms with Gasteiger partial charge in [-0.15, -0.1) is 0 Å². The Kier molecular flexibility index (Phi) is 9.24. The predicted octanol–water partition coefficient (Wildman–Crippen LogP) is 5.96. The van der Waals surface area contributed by atoms with Crippen LogP contribution in [-0.2, 0) is 36.7 Å². The number of aliphatic hydroxyl groups is 1. The lowest BCUT2D eigenvalue weighted by molar-refractivity contribution is -0.150. The summed E-state index contributed by atoms with van der Waals surface area (Å²) in [5.41, 5.74) is 2.70. The van der Waals surface area contributed by atoms with Crippen molar-refractivity contribution < 1.29 is 29.0 Å². The van der Waals surface area contributed by atoms with Gasteiger partial charge >= 0.3 is 0 Å². The number of aliphatic hydroxyl groups excluding tert-OH is 1. The first-order chi connectivity index (χ1) is 24.1. The summed E-state index contributed by atoms with van der Waals surface area (Å²) >= 11 is 0. The predicted molar refractivity (Wildman–Crippen MR) is 192 cm³/mol. The highest BCUT2D eigenvalue weighted by Gasteiger charge is 2.66. The lowest BCUT2D eigenvalue weighted by Crippen LogP contribution is -2.46. The minimum atomic E-state index is -1.29. The first-order valence-corrected chi connectivity index (χ1v) is 18.1. The van der Waals surface area contributed by atoms with Crippen molar-refractivity contribution in [2.45, 2.75) is 89.0 Å². The molecule has 0 saturated carbocycles. The molecule has 5 atom stereocenters. The third-order valence-corrected chi connectivity index (χ3v) is 11.9. The summed E-state index contributed by atoms with van der Waals surface area (Å²) in [6, 6.07) is 23.7. The van der Waals surface area contributed by atoms with Crippen LogP contribution in [0.3, 0.4) is 0 Å². The van der Waals surface area contributed by atoms with Crippen molar-refractivity contribution >= 4 is 29.1 Å². The molecule has 0 unspecified atom stereocenters. The van der Waals surface area contributed by atoms with Gasteiger partial charge in [0, 0.05) is 42.6 Å². The van der Waals surface area contributed by atoms with Crippen LogP contribution in [0.4, 0.5) is 11.4 Å². The quantitative estimate of drug-likeness (QED) is 0.300. The number of rotatable bonds is 9. The first-order valence-electron chi connectivity index (χ1n) is 18.1. The highest BCUT2D eigenvalue weighted by molar-refractivity contribution is 6.07. The van der Waals surface area contributed by atoms with Crippen LogP contribution in [-0.4, -0.2) is 66.7 Å². The van der Waals surface area contributed by atoms with E-state index in [9.17, 15) is 14.7 Å². The summed E-state index contributed by atoms with van der Waals surface area (Å²) in [7, 11) is 1.65. The summed E-state index contributed by atoms with van der Waals surface area (Å²) in [6.45, 7) is 8.04. The van der Waals surface area contributed by atoms with Crippen molar-refractivity contribution in [3.8, 4) is 5.75 Å². The maximum absolute atomic E-state index is 15.1. The normalized spacial score (nSPS) is 26.6. The lowest BCUT2D eigenvalue weighted by Gasteiger charge is -2.39. The van der Waals surface area contributed by atoms with Gasteiger partial charge in [0.25, 0.3) is 5.91 Å². The van der Waals surface area contributed by atoms with E-state index in [0.717, 1.165) is 59.5 Å². The molecule has 0 radical (unpaired) electrons. The third kappa shape index (κ3) is 5.68. The molecule has 50 heavy (non-hydrogen) atoms. The summed E-state index contributed by atoms with van der Waals surface area (Å²) in [6.07, 6.45) is 3.64. The maximum Gasteiger partial charge on any atom is 0.264 e. The van der Waals surface area contributed by atoms with E-state index in [1.807, 2.05) is 70.5 Å². The number of nitrogens with zero attached hydrogens (tertiary/aromatic N) is 3. The van der Waals surface area contributed by atoms with Gasteiger partial charge in [0.2, 0.25) is 11.8 Å². The fourth-order valence-electron chi connectivity index (χ4n) is 9.35. The van der Waals surface area contributed by atoms with Crippen molar-refractivity contribution in [1.82, 2.24) is 4.90 Å². The minimum Gasteiger partial charge on any atom is -0.497 e. The Morgan fingerprint density at radius 3 is 2.52 bits per heavy atom. The minimum absolute atomic E-state index is 0.0500. The monoisotopic (exact) mass is 679 g/mol. The second kappa shape index (κ2) is 13.5. The zero-order valence-corrected chi connectivity index (χ0v) is 29.6. The molecule has 4 aliphatic rings. The Bertz CT molecular complexity index is 1760. The molecule has 0 bridgehead atoms. The van der Waals surface area contributed by atoms with E-state index in [4.69, 9.17) is 9.47 Å². The number of carbonyl (C=O) groups excluding carboxylic acids is 3. The molecule has 1 spiro atoms. The SMILES string of the molecule is COc1ccc(C(C)(C)[C@@H]2[C@@H](CC(=O)N3CCC[C@H]3CO)O[C@]3(C(=O)N(Cc4cccc(N5CCCCC5=O)c4)c4ccccc43)[C@H]2C)cc1.